The first-order valence-electron chi connectivity index (χ1n) is 3.37. The third kappa shape index (κ3) is 2.79. The molecule has 13 heavy (non-hydrogen) atoms. The predicted molar refractivity (Wildman–Crippen MR) is 49.8 cm³/mol. The largest absolute Gasteiger partial charge is 0.481 e. The first-order chi connectivity index (χ1) is 6.02. The average molecular weight is 221 g/mol. The van der Waals surface area contributed by atoms with Gasteiger partial charge in [0.25, 0.3) is 5.97 Å². The van der Waals surface area contributed by atoms with Crippen LogP contribution >= 0.6 is 23.2 Å². The first kappa shape index (κ1) is 10.2. The number of fused-ring (bicyclic) bond motifs is 1. The van der Waals surface area contributed by atoms with E-state index in [4.69, 9.17) is 37.8 Å². The number of hydrogen-bond acceptors (Lipinski definition) is 2. The van der Waals surface area contributed by atoms with E-state index in [-0.39, 0.29) is 0 Å². The number of carbonyl (C=O) groups is 1. The second-order valence-electron chi connectivity index (χ2n) is 2.31. The summed E-state index contributed by atoms with van der Waals surface area (Å²) in [6.45, 7) is 1.08. The molecule has 70 valence electrons. The minimum absolute atomic E-state index is 0.522. The number of rotatable bonds is 0. The lowest BCUT2D eigenvalue weighted by Gasteiger charge is -1.83. The topological polar surface area (TPSA) is 49.8 Å². The molecule has 1 N–H and O–H groups in total. The molecule has 0 aromatic heterocycles. The first-order valence-corrected chi connectivity index (χ1v) is 4.13. The summed E-state index contributed by atoms with van der Waals surface area (Å²) in [5.74, 6) is 0.730. The van der Waals surface area contributed by atoms with Gasteiger partial charge in [-0.3, -0.25) is 4.79 Å². The van der Waals surface area contributed by atoms with Gasteiger partial charge in [-0.25, -0.2) is 0 Å². The summed E-state index contributed by atoms with van der Waals surface area (Å²) < 4.78 is 4.93. The molecule has 0 unspecified atom stereocenters. The van der Waals surface area contributed by atoms with E-state index in [0.29, 0.717) is 10.0 Å². The summed E-state index contributed by atoms with van der Waals surface area (Å²) in [5.41, 5.74) is 0. The second kappa shape index (κ2) is 3.85. The van der Waals surface area contributed by atoms with Crippen molar-refractivity contribution in [2.45, 2.75) is 6.92 Å². The highest BCUT2D eigenvalue weighted by Gasteiger charge is 2.24. The monoisotopic (exact) mass is 220 g/mol. The smallest absolute Gasteiger partial charge is 0.300 e. The number of aliphatic carboxylic acids is 1. The molecule has 0 saturated carbocycles. The molecule has 0 aliphatic carbocycles. The van der Waals surface area contributed by atoms with Gasteiger partial charge in [0, 0.05) is 6.92 Å². The molecular weight excluding hydrogens is 215 g/mol. The Morgan fingerprint density at radius 1 is 1.46 bits per heavy atom. The zero-order chi connectivity index (χ0) is 10.0. The Morgan fingerprint density at radius 3 is 2.46 bits per heavy atom. The number of hydrogen-bond donors (Lipinski definition) is 1. The van der Waals surface area contributed by atoms with Gasteiger partial charge in [-0.2, -0.15) is 0 Å². The fourth-order valence-corrected chi connectivity index (χ4v) is 1.02. The van der Waals surface area contributed by atoms with Crippen molar-refractivity contribution in [3.8, 4) is 11.5 Å². The van der Waals surface area contributed by atoms with E-state index in [2.05, 4.69) is 0 Å². The minimum atomic E-state index is -0.833. The molecule has 0 spiro atoms. The molecule has 1 heterocycles. The molecule has 0 atom stereocenters. The number of ether oxygens (including phenoxy) is 1. The van der Waals surface area contributed by atoms with Gasteiger partial charge in [0.2, 0.25) is 0 Å². The van der Waals surface area contributed by atoms with E-state index in [9.17, 15) is 0 Å². The number of carboxylic acid groups (broad SMARTS) is 1. The Hall–Kier alpha value is -0.930. The van der Waals surface area contributed by atoms with Crippen molar-refractivity contribution in [3.63, 3.8) is 0 Å². The van der Waals surface area contributed by atoms with Crippen LogP contribution in [0.1, 0.15) is 6.92 Å². The van der Waals surface area contributed by atoms with E-state index in [0.717, 1.165) is 18.4 Å². The molecule has 1 aromatic carbocycles. The highest BCUT2D eigenvalue weighted by molar-refractivity contribution is 6.43. The molecule has 0 saturated heterocycles. The highest BCUT2D eigenvalue weighted by Crippen LogP contribution is 2.52. The second-order valence-corrected chi connectivity index (χ2v) is 3.09. The molecular formula is C8H6Cl2O3. The molecule has 3 nitrogen and oxygen atoms in total. The summed E-state index contributed by atoms with van der Waals surface area (Å²) in [5, 5.41) is 8.49. The molecule has 1 aliphatic rings. The lowest BCUT2D eigenvalue weighted by atomic mass is 10.4. The van der Waals surface area contributed by atoms with Gasteiger partial charge in [-0.15, -0.1) is 0 Å². The van der Waals surface area contributed by atoms with E-state index in [1.165, 1.54) is 0 Å². The summed E-state index contributed by atoms with van der Waals surface area (Å²) >= 11 is 11.3. The van der Waals surface area contributed by atoms with Crippen molar-refractivity contribution >= 4 is 29.2 Å². The van der Waals surface area contributed by atoms with E-state index < -0.39 is 5.97 Å². The molecule has 2 rings (SSSR count). The minimum Gasteiger partial charge on any atom is -0.481 e. The van der Waals surface area contributed by atoms with Crippen LogP contribution in [0.4, 0.5) is 0 Å². The molecule has 1 aromatic rings. The molecule has 0 bridgehead atoms. The summed E-state index contributed by atoms with van der Waals surface area (Å²) in [4.78, 5) is 9.00. The molecule has 0 amide bonds. The summed E-state index contributed by atoms with van der Waals surface area (Å²) in [7, 11) is 0. The Morgan fingerprint density at radius 2 is 2.00 bits per heavy atom. The standard InChI is InChI=1S/C6H2Cl2O.C2H4O2/c7-3-1-2-4-6(9-4)5(3)8;1-2(3)4/h1-2H;1H3,(H,3,4). The van der Waals surface area contributed by atoms with Gasteiger partial charge in [0.15, 0.2) is 11.5 Å². The van der Waals surface area contributed by atoms with Crippen molar-refractivity contribution < 1.29 is 14.6 Å². The number of benzene rings is 1. The van der Waals surface area contributed by atoms with Crippen molar-refractivity contribution in [2.75, 3.05) is 0 Å². The lowest BCUT2D eigenvalue weighted by molar-refractivity contribution is -0.134. The maximum atomic E-state index is 9.00. The van der Waals surface area contributed by atoms with Crippen molar-refractivity contribution in [1.82, 2.24) is 0 Å². The maximum Gasteiger partial charge on any atom is 0.300 e. The van der Waals surface area contributed by atoms with Crippen LogP contribution in [0.15, 0.2) is 12.1 Å². The fourth-order valence-electron chi connectivity index (χ4n) is 0.678. The molecule has 0 radical (unpaired) electrons. The third-order valence-corrected chi connectivity index (χ3v) is 1.97. The van der Waals surface area contributed by atoms with Crippen LogP contribution in [0.5, 0.6) is 11.5 Å². The zero-order valence-corrected chi connectivity index (χ0v) is 8.19. The van der Waals surface area contributed by atoms with Gasteiger partial charge in [-0.1, -0.05) is 23.2 Å². The van der Waals surface area contributed by atoms with Crippen molar-refractivity contribution in [1.29, 1.82) is 0 Å². The van der Waals surface area contributed by atoms with Gasteiger partial charge < -0.3 is 9.84 Å². The Bertz CT molecular complexity index is 342. The Balaban J connectivity index is 0.000000184. The van der Waals surface area contributed by atoms with Crippen LogP contribution in [0.25, 0.3) is 0 Å². The number of carboxylic acids is 1. The fraction of sp³-hybridized carbons (Fsp3) is 0.125. The van der Waals surface area contributed by atoms with Gasteiger partial charge in [0.05, 0.1) is 5.02 Å². The summed E-state index contributed by atoms with van der Waals surface area (Å²) in [6, 6.07) is 3.51. The van der Waals surface area contributed by atoms with Crippen LogP contribution < -0.4 is 4.74 Å². The van der Waals surface area contributed by atoms with E-state index in [1.54, 1.807) is 12.1 Å². The predicted octanol–water partition coefficient (Wildman–Crippen LogP) is 3.19. The zero-order valence-electron chi connectivity index (χ0n) is 6.67. The number of halogens is 2. The molecule has 0 fully saturated rings. The van der Waals surface area contributed by atoms with Crippen LogP contribution in [0.3, 0.4) is 0 Å². The van der Waals surface area contributed by atoms with Crippen molar-refractivity contribution in [2.24, 2.45) is 0 Å². The highest BCUT2D eigenvalue weighted by atomic mass is 35.5. The van der Waals surface area contributed by atoms with E-state index in [1.807, 2.05) is 0 Å². The van der Waals surface area contributed by atoms with Crippen molar-refractivity contribution in [3.05, 3.63) is 22.2 Å². The van der Waals surface area contributed by atoms with Crippen LogP contribution in [-0.4, -0.2) is 11.1 Å². The van der Waals surface area contributed by atoms with Crippen LogP contribution in [0.2, 0.25) is 10.0 Å². The molecule has 1 aliphatic heterocycles. The van der Waals surface area contributed by atoms with Gasteiger partial charge in [0.1, 0.15) is 5.02 Å². The van der Waals surface area contributed by atoms with Gasteiger partial charge >= 0.3 is 0 Å². The normalized spacial score (nSPS) is 10.4. The average Bonchev–Trinajstić information content (AvgIpc) is 2.75. The third-order valence-electron chi connectivity index (χ3n) is 1.18. The molecule has 5 heteroatoms. The Kier molecular flexibility index (Phi) is 3.01. The lowest BCUT2D eigenvalue weighted by Crippen LogP contribution is -1.78. The summed E-state index contributed by atoms with van der Waals surface area (Å²) in [6.07, 6.45) is 0. The van der Waals surface area contributed by atoms with E-state index >= 15 is 0 Å². The quantitative estimate of drug-likeness (QED) is 0.695. The van der Waals surface area contributed by atoms with Crippen LogP contribution in [-0.2, 0) is 4.79 Å². The SMILES string of the molecule is CC(=O)O.Clc1ccc2c(c1Cl)O2. The Labute approximate surface area is 84.8 Å². The van der Waals surface area contributed by atoms with Crippen LogP contribution in [0, 0.1) is 0 Å². The van der Waals surface area contributed by atoms with Gasteiger partial charge in [-0.05, 0) is 12.1 Å². The maximum absolute atomic E-state index is 9.00.